The molecule has 0 unspecified atom stereocenters. The summed E-state index contributed by atoms with van der Waals surface area (Å²) >= 11 is 1.61. The molecule has 0 aromatic carbocycles. The maximum Gasteiger partial charge on any atom is 0.310 e. The van der Waals surface area contributed by atoms with E-state index in [1.807, 2.05) is 26.2 Å². The van der Waals surface area contributed by atoms with Crippen LogP contribution in [0.15, 0.2) is 24.7 Å². The molecule has 0 aliphatic rings. The maximum absolute atomic E-state index is 13.0. The van der Waals surface area contributed by atoms with Gasteiger partial charge in [0.05, 0.1) is 18.3 Å². The van der Waals surface area contributed by atoms with Gasteiger partial charge in [-0.25, -0.2) is 0 Å². The lowest BCUT2D eigenvalue weighted by molar-refractivity contribution is -0.138. The second-order valence-electron chi connectivity index (χ2n) is 13.4. The minimum absolute atomic E-state index is 0.0437. The van der Waals surface area contributed by atoms with Crippen molar-refractivity contribution in [2.75, 3.05) is 45.2 Å². The van der Waals surface area contributed by atoms with E-state index in [2.05, 4.69) is 18.7 Å². The molecule has 0 rings (SSSR count). The Morgan fingerprint density at radius 3 is 1.33 bits per heavy atom. The molecule has 0 N–H and O–H groups in total. The monoisotopic (exact) mass is 695 g/mol. The predicted molar refractivity (Wildman–Crippen MR) is 205 cm³/mol. The molecule has 0 saturated carbocycles. The molecule has 0 atom stereocenters. The van der Waals surface area contributed by atoms with Crippen LogP contribution in [0, 0.1) is 0 Å². The average Bonchev–Trinajstić information content (AvgIpc) is 3.06. The van der Waals surface area contributed by atoms with E-state index < -0.39 is 0 Å². The van der Waals surface area contributed by atoms with E-state index in [1.165, 1.54) is 115 Å². The summed E-state index contributed by atoms with van der Waals surface area (Å²) in [4.78, 5) is 41.4. The first-order chi connectivity index (χ1) is 23.4. The van der Waals surface area contributed by atoms with Crippen LogP contribution in [0.3, 0.4) is 0 Å². The fraction of sp³-hybridized carbons (Fsp3) is 0.825. The van der Waals surface area contributed by atoms with Gasteiger partial charge in [-0.1, -0.05) is 117 Å². The zero-order valence-corrected chi connectivity index (χ0v) is 32.5. The van der Waals surface area contributed by atoms with Crippen molar-refractivity contribution in [3.05, 3.63) is 24.7 Å². The fourth-order valence-corrected chi connectivity index (χ4v) is 6.33. The second-order valence-corrected chi connectivity index (χ2v) is 14.5. The van der Waals surface area contributed by atoms with Crippen LogP contribution in [-0.4, -0.2) is 72.9 Å². The highest BCUT2D eigenvalue weighted by Crippen LogP contribution is 2.13. The third-order valence-electron chi connectivity index (χ3n) is 8.42. The molecule has 48 heavy (non-hydrogen) atoms. The van der Waals surface area contributed by atoms with Gasteiger partial charge >= 0.3 is 11.9 Å². The Hall–Kier alpha value is -1.80. The molecule has 0 saturated heterocycles. The quantitative estimate of drug-likeness (QED) is 0.0371. The van der Waals surface area contributed by atoms with Crippen LogP contribution in [0.4, 0.5) is 0 Å². The summed E-state index contributed by atoms with van der Waals surface area (Å²) < 4.78 is 10.6. The Kier molecular flexibility index (Phi) is 35.1. The van der Waals surface area contributed by atoms with Crippen LogP contribution in [0.1, 0.15) is 168 Å². The fourth-order valence-electron chi connectivity index (χ4n) is 5.34. The van der Waals surface area contributed by atoms with E-state index in [-0.39, 0.29) is 30.7 Å². The van der Waals surface area contributed by atoms with Crippen LogP contribution in [0.25, 0.3) is 0 Å². The van der Waals surface area contributed by atoms with Gasteiger partial charge in [-0.2, -0.15) is 11.8 Å². The van der Waals surface area contributed by atoms with Crippen LogP contribution >= 0.6 is 11.8 Å². The van der Waals surface area contributed by atoms with E-state index in [1.54, 1.807) is 16.7 Å². The standard InChI is InChI=1S/C40H74N2O5S/c1-5-7-9-11-13-15-17-19-21-23-25-34-46-39(44)29-27-31-42(38(43)37-48-36-33-41(3)4)32-28-30-40(45)47-35-26-24-22-20-18-16-14-12-10-8-6-2/h25-26,34-35H,5-24,27-33,36-37H2,1-4H3. The first-order valence-electron chi connectivity index (χ1n) is 19.6. The van der Waals surface area contributed by atoms with Crippen molar-refractivity contribution in [1.82, 2.24) is 9.80 Å². The highest BCUT2D eigenvalue weighted by molar-refractivity contribution is 7.99. The number of ether oxygens (including phenoxy) is 2. The topological polar surface area (TPSA) is 76.1 Å². The minimum Gasteiger partial charge on any atom is -0.435 e. The van der Waals surface area contributed by atoms with Crippen LogP contribution in [0.2, 0.25) is 0 Å². The number of hydrogen-bond acceptors (Lipinski definition) is 7. The summed E-state index contributed by atoms with van der Waals surface area (Å²) in [6.07, 6.45) is 33.6. The molecule has 0 aromatic heterocycles. The van der Waals surface area contributed by atoms with Gasteiger partial charge in [0.15, 0.2) is 0 Å². The summed E-state index contributed by atoms with van der Waals surface area (Å²) in [7, 11) is 4.04. The van der Waals surface area contributed by atoms with E-state index in [4.69, 9.17) is 9.47 Å². The molecular formula is C40H74N2O5S. The van der Waals surface area contributed by atoms with Crippen molar-refractivity contribution in [1.29, 1.82) is 0 Å². The Morgan fingerprint density at radius 2 is 0.938 bits per heavy atom. The third-order valence-corrected chi connectivity index (χ3v) is 9.34. The summed E-state index contributed by atoms with van der Waals surface area (Å²) in [5.41, 5.74) is 0. The van der Waals surface area contributed by atoms with Gasteiger partial charge in [0, 0.05) is 38.2 Å². The van der Waals surface area contributed by atoms with E-state index in [0.717, 1.165) is 38.0 Å². The van der Waals surface area contributed by atoms with Gasteiger partial charge in [0.1, 0.15) is 0 Å². The van der Waals surface area contributed by atoms with Crippen molar-refractivity contribution in [2.45, 2.75) is 168 Å². The van der Waals surface area contributed by atoms with E-state index in [0.29, 0.717) is 31.7 Å². The van der Waals surface area contributed by atoms with Crippen LogP contribution < -0.4 is 0 Å². The molecule has 1 amide bonds. The summed E-state index contributed by atoms with van der Waals surface area (Å²) in [6, 6.07) is 0. The molecule has 0 spiro atoms. The molecule has 280 valence electrons. The molecule has 0 aliphatic heterocycles. The van der Waals surface area contributed by atoms with Gasteiger partial charge in [0.25, 0.3) is 0 Å². The number of allylic oxidation sites excluding steroid dienone is 2. The van der Waals surface area contributed by atoms with Crippen molar-refractivity contribution < 1.29 is 23.9 Å². The zero-order chi connectivity index (χ0) is 35.3. The van der Waals surface area contributed by atoms with Gasteiger partial charge in [0.2, 0.25) is 5.91 Å². The third kappa shape index (κ3) is 34.1. The number of carbonyl (C=O) groups is 3. The largest absolute Gasteiger partial charge is 0.435 e. The molecule has 0 aliphatic carbocycles. The van der Waals surface area contributed by atoms with Gasteiger partial charge in [-0.05, 0) is 64.8 Å². The number of thioether (sulfide) groups is 1. The summed E-state index contributed by atoms with van der Waals surface area (Å²) in [6.45, 7) is 6.35. The smallest absolute Gasteiger partial charge is 0.310 e. The van der Waals surface area contributed by atoms with Gasteiger partial charge in [-0.3, -0.25) is 14.4 Å². The first-order valence-corrected chi connectivity index (χ1v) is 20.7. The normalized spacial score (nSPS) is 11.6. The average molecular weight is 695 g/mol. The van der Waals surface area contributed by atoms with Crippen LogP contribution in [0.5, 0.6) is 0 Å². The number of esters is 2. The number of amides is 1. The molecule has 0 heterocycles. The first kappa shape index (κ1) is 46.2. The number of hydrogen-bond donors (Lipinski definition) is 0. The highest BCUT2D eigenvalue weighted by atomic mass is 32.2. The van der Waals surface area contributed by atoms with Crippen molar-refractivity contribution in [3.8, 4) is 0 Å². The molecule has 7 nitrogen and oxygen atoms in total. The van der Waals surface area contributed by atoms with Crippen molar-refractivity contribution in [2.24, 2.45) is 0 Å². The SMILES string of the molecule is CCCCCCCCCCCC=COC(=O)CCCN(CCCC(=O)OC=CCCCCCCCCCCC)C(=O)CSCCN(C)C. The molecule has 0 bridgehead atoms. The van der Waals surface area contributed by atoms with Crippen molar-refractivity contribution in [3.63, 3.8) is 0 Å². The molecular weight excluding hydrogens is 621 g/mol. The summed E-state index contributed by atoms with van der Waals surface area (Å²) in [5, 5.41) is 0. The minimum atomic E-state index is -0.274. The van der Waals surface area contributed by atoms with Gasteiger partial charge in [-0.15, -0.1) is 0 Å². The molecule has 0 fully saturated rings. The molecule has 0 radical (unpaired) electrons. The Bertz CT molecular complexity index is 765. The lowest BCUT2D eigenvalue weighted by Gasteiger charge is -2.22. The Labute approximate surface area is 300 Å². The van der Waals surface area contributed by atoms with E-state index in [9.17, 15) is 14.4 Å². The van der Waals surface area contributed by atoms with Crippen LogP contribution in [-0.2, 0) is 23.9 Å². The number of unbranched alkanes of at least 4 members (excludes halogenated alkanes) is 18. The predicted octanol–water partition coefficient (Wildman–Crippen LogP) is 10.6. The maximum atomic E-state index is 13.0. The van der Waals surface area contributed by atoms with Crippen molar-refractivity contribution >= 4 is 29.6 Å². The number of carbonyl (C=O) groups excluding carboxylic acids is 3. The number of nitrogens with zero attached hydrogens (tertiary/aromatic N) is 2. The molecule has 0 aromatic rings. The highest BCUT2D eigenvalue weighted by Gasteiger charge is 2.15. The molecule has 8 heteroatoms. The lowest BCUT2D eigenvalue weighted by Crippen LogP contribution is -2.35. The zero-order valence-electron chi connectivity index (χ0n) is 31.7. The Balaban J connectivity index is 4.26. The van der Waals surface area contributed by atoms with E-state index >= 15 is 0 Å². The Morgan fingerprint density at radius 1 is 0.542 bits per heavy atom. The van der Waals surface area contributed by atoms with Gasteiger partial charge < -0.3 is 19.3 Å². The number of rotatable bonds is 35. The summed E-state index contributed by atoms with van der Waals surface area (Å²) in [5.74, 6) is 0.767. The lowest BCUT2D eigenvalue weighted by atomic mass is 10.1. The second kappa shape index (κ2) is 36.5.